The first-order chi connectivity index (χ1) is 10.9. The lowest BCUT2D eigenvalue weighted by atomic mass is 10.2. The van der Waals surface area contributed by atoms with Gasteiger partial charge in [0, 0.05) is 15.6 Å². The van der Waals surface area contributed by atoms with Gasteiger partial charge in [0.25, 0.3) is 5.91 Å². The van der Waals surface area contributed by atoms with Gasteiger partial charge in [0.2, 0.25) is 0 Å². The molecule has 0 aliphatic rings. The van der Waals surface area contributed by atoms with Crippen molar-refractivity contribution < 1.29 is 9.69 Å². The van der Waals surface area contributed by atoms with Crippen molar-refractivity contribution in [2.24, 2.45) is 0 Å². The maximum absolute atomic E-state index is 12.4. The minimum atomic E-state index is -0.249. The lowest BCUT2D eigenvalue weighted by Gasteiger charge is -2.21. The highest BCUT2D eigenvalue weighted by Crippen LogP contribution is 2.25. The molecule has 1 amide bonds. The highest BCUT2D eigenvalue weighted by Gasteiger charge is 2.22. The van der Waals surface area contributed by atoms with Gasteiger partial charge < -0.3 is 10.2 Å². The largest absolute Gasteiger partial charge is 0.324 e. The van der Waals surface area contributed by atoms with E-state index in [0.717, 1.165) is 17.0 Å². The molecule has 0 saturated heterocycles. The molecule has 0 heterocycles. The van der Waals surface area contributed by atoms with E-state index in [1.165, 1.54) is 0 Å². The Labute approximate surface area is 151 Å². The lowest BCUT2D eigenvalue weighted by Crippen LogP contribution is -3.12. The van der Waals surface area contributed by atoms with Gasteiger partial charge in [-0.15, -0.1) is 0 Å². The Balaban J connectivity index is 2.00. The van der Waals surface area contributed by atoms with Crippen LogP contribution in [0, 0.1) is 0 Å². The lowest BCUT2D eigenvalue weighted by molar-refractivity contribution is -0.907. The summed E-state index contributed by atoms with van der Waals surface area (Å²) in [6, 6.07) is 12.4. The average Bonchev–Trinajstić information content (AvgIpc) is 2.52. The number of benzene rings is 2. The summed E-state index contributed by atoms with van der Waals surface area (Å²) in [6.07, 6.45) is 0. The van der Waals surface area contributed by atoms with E-state index >= 15 is 0 Å². The SMILES string of the molecule is C[C@@H](C(=O)Nc1cc(Cl)ccc1Cl)[NH+](C)Cc1ccc(Cl)cc1. The van der Waals surface area contributed by atoms with E-state index in [9.17, 15) is 4.79 Å². The van der Waals surface area contributed by atoms with Gasteiger partial charge in [-0.25, -0.2) is 0 Å². The van der Waals surface area contributed by atoms with E-state index in [2.05, 4.69) is 5.32 Å². The second-order valence-electron chi connectivity index (χ2n) is 5.48. The number of hydrogen-bond donors (Lipinski definition) is 2. The molecule has 2 rings (SSSR count). The fraction of sp³-hybridized carbons (Fsp3) is 0.235. The molecule has 0 radical (unpaired) electrons. The van der Waals surface area contributed by atoms with Gasteiger partial charge in [-0.3, -0.25) is 4.79 Å². The minimum Gasteiger partial charge on any atom is -0.324 e. The molecule has 0 aliphatic carbocycles. The van der Waals surface area contributed by atoms with Crippen molar-refractivity contribution in [2.75, 3.05) is 12.4 Å². The summed E-state index contributed by atoms with van der Waals surface area (Å²) in [4.78, 5) is 13.5. The van der Waals surface area contributed by atoms with Crippen molar-refractivity contribution in [1.29, 1.82) is 0 Å². The Bertz CT molecular complexity index is 689. The predicted octanol–water partition coefficient (Wildman–Crippen LogP) is 3.69. The normalized spacial score (nSPS) is 13.4. The molecule has 2 N–H and O–H groups in total. The molecule has 0 spiro atoms. The molecule has 3 nitrogen and oxygen atoms in total. The first kappa shape index (κ1) is 18.1. The van der Waals surface area contributed by atoms with Gasteiger partial charge in [0.1, 0.15) is 6.54 Å². The predicted molar refractivity (Wildman–Crippen MR) is 96.6 cm³/mol. The zero-order chi connectivity index (χ0) is 17.0. The van der Waals surface area contributed by atoms with Crippen LogP contribution in [0.4, 0.5) is 5.69 Å². The zero-order valence-electron chi connectivity index (χ0n) is 12.9. The number of anilines is 1. The van der Waals surface area contributed by atoms with E-state index < -0.39 is 0 Å². The Hall–Kier alpha value is -1.26. The van der Waals surface area contributed by atoms with Crippen molar-refractivity contribution in [3.05, 3.63) is 63.1 Å². The molecule has 6 heteroatoms. The average molecular weight is 373 g/mol. The third-order valence-electron chi connectivity index (χ3n) is 3.71. The van der Waals surface area contributed by atoms with Crippen LogP contribution in [0.1, 0.15) is 12.5 Å². The first-order valence-corrected chi connectivity index (χ1v) is 8.33. The smallest absolute Gasteiger partial charge is 0.282 e. The third kappa shape index (κ3) is 5.11. The van der Waals surface area contributed by atoms with Gasteiger partial charge in [0.15, 0.2) is 6.04 Å². The summed E-state index contributed by atoms with van der Waals surface area (Å²) in [5.41, 5.74) is 1.64. The number of carbonyl (C=O) groups is 1. The molecule has 2 atom stereocenters. The second kappa shape index (κ2) is 8.02. The van der Waals surface area contributed by atoms with Crippen molar-refractivity contribution in [2.45, 2.75) is 19.5 Å². The molecule has 0 aliphatic heterocycles. The van der Waals surface area contributed by atoms with E-state index in [1.54, 1.807) is 18.2 Å². The van der Waals surface area contributed by atoms with E-state index in [-0.39, 0.29) is 11.9 Å². The van der Waals surface area contributed by atoms with Crippen LogP contribution < -0.4 is 10.2 Å². The van der Waals surface area contributed by atoms with E-state index in [4.69, 9.17) is 34.8 Å². The molecule has 122 valence electrons. The summed E-state index contributed by atoms with van der Waals surface area (Å²) in [5, 5.41) is 4.52. The Morgan fingerprint density at radius 2 is 1.70 bits per heavy atom. The highest BCUT2D eigenvalue weighted by atomic mass is 35.5. The van der Waals surface area contributed by atoms with Crippen LogP contribution in [0.15, 0.2) is 42.5 Å². The molecular weight excluding hydrogens is 355 g/mol. The van der Waals surface area contributed by atoms with Crippen LogP contribution in [0.2, 0.25) is 15.1 Å². The molecule has 0 fully saturated rings. The van der Waals surface area contributed by atoms with Crippen LogP contribution in [-0.2, 0) is 11.3 Å². The summed E-state index contributed by atoms with van der Waals surface area (Å²) < 4.78 is 0. The van der Waals surface area contributed by atoms with Crippen molar-refractivity contribution in [1.82, 2.24) is 0 Å². The summed E-state index contributed by atoms with van der Waals surface area (Å²) >= 11 is 17.9. The standard InChI is InChI=1S/C17H17Cl3N2O/c1-11(22(2)10-12-3-5-13(18)6-4-12)17(23)21-16-9-14(19)7-8-15(16)20/h3-9,11H,10H2,1-2H3,(H,21,23)/p+1/t11-/m0/s1. The number of rotatable bonds is 5. The van der Waals surface area contributed by atoms with Gasteiger partial charge in [-0.1, -0.05) is 46.9 Å². The number of likely N-dealkylation sites (N-methyl/N-ethyl adjacent to an activating group) is 1. The van der Waals surface area contributed by atoms with Gasteiger partial charge in [0.05, 0.1) is 17.8 Å². The number of quaternary nitrogens is 1. The Kier molecular flexibility index (Phi) is 6.31. The summed E-state index contributed by atoms with van der Waals surface area (Å²) in [5.74, 6) is -0.111. The van der Waals surface area contributed by atoms with Crippen molar-refractivity contribution in [3.8, 4) is 0 Å². The monoisotopic (exact) mass is 371 g/mol. The minimum absolute atomic E-state index is 0.111. The molecule has 23 heavy (non-hydrogen) atoms. The second-order valence-corrected chi connectivity index (χ2v) is 6.76. The number of carbonyl (C=O) groups excluding carboxylic acids is 1. The van der Waals surface area contributed by atoms with E-state index in [0.29, 0.717) is 20.8 Å². The van der Waals surface area contributed by atoms with Gasteiger partial charge in [-0.2, -0.15) is 0 Å². The third-order valence-corrected chi connectivity index (χ3v) is 4.53. The molecule has 1 unspecified atom stereocenters. The molecule has 0 bridgehead atoms. The fourth-order valence-corrected chi connectivity index (χ4v) is 2.60. The van der Waals surface area contributed by atoms with Crippen molar-refractivity contribution in [3.63, 3.8) is 0 Å². The fourth-order valence-electron chi connectivity index (χ4n) is 2.14. The maximum Gasteiger partial charge on any atom is 0.282 e. The first-order valence-electron chi connectivity index (χ1n) is 7.19. The van der Waals surface area contributed by atoms with Crippen LogP contribution in [-0.4, -0.2) is 19.0 Å². The van der Waals surface area contributed by atoms with Crippen LogP contribution in [0.5, 0.6) is 0 Å². The molecule has 2 aromatic carbocycles. The van der Waals surface area contributed by atoms with Gasteiger partial charge in [-0.05, 0) is 37.3 Å². The summed E-state index contributed by atoms with van der Waals surface area (Å²) in [6.45, 7) is 2.59. The Morgan fingerprint density at radius 3 is 2.35 bits per heavy atom. The van der Waals surface area contributed by atoms with E-state index in [1.807, 2.05) is 38.2 Å². The van der Waals surface area contributed by atoms with Crippen LogP contribution in [0.3, 0.4) is 0 Å². The number of halogens is 3. The number of amides is 1. The number of hydrogen-bond acceptors (Lipinski definition) is 1. The quantitative estimate of drug-likeness (QED) is 0.824. The number of nitrogens with one attached hydrogen (secondary N) is 2. The van der Waals surface area contributed by atoms with Crippen LogP contribution in [0.25, 0.3) is 0 Å². The van der Waals surface area contributed by atoms with Crippen molar-refractivity contribution >= 4 is 46.4 Å². The van der Waals surface area contributed by atoms with Crippen LogP contribution >= 0.6 is 34.8 Å². The highest BCUT2D eigenvalue weighted by molar-refractivity contribution is 6.35. The van der Waals surface area contributed by atoms with Gasteiger partial charge >= 0.3 is 0 Å². The zero-order valence-corrected chi connectivity index (χ0v) is 15.1. The molecule has 0 aromatic heterocycles. The summed E-state index contributed by atoms with van der Waals surface area (Å²) in [7, 11) is 1.97. The molecule has 2 aromatic rings. The molecular formula is C17H18Cl3N2O+. The molecule has 0 saturated carbocycles. The Morgan fingerprint density at radius 1 is 1.09 bits per heavy atom. The maximum atomic E-state index is 12.4. The topological polar surface area (TPSA) is 33.5 Å².